The molecule has 1 heterocycles. The van der Waals surface area contributed by atoms with Crippen molar-refractivity contribution >= 4 is 23.8 Å². The Balaban J connectivity index is 1.85. The fourth-order valence-corrected chi connectivity index (χ4v) is 1.95. The smallest absolute Gasteiger partial charge is 0.330 e. The van der Waals surface area contributed by atoms with Gasteiger partial charge in [0.2, 0.25) is 5.91 Å². The van der Waals surface area contributed by atoms with Crippen LogP contribution >= 0.6 is 0 Å². The van der Waals surface area contributed by atoms with E-state index in [0.717, 1.165) is 5.56 Å². The Kier molecular flexibility index (Phi) is 6.65. The third kappa shape index (κ3) is 6.06. The standard InChI is InChI=1S/C18H20N4O3/c1-13(18(24)21-10-14-6-4-3-5-7-14)22-16-12-19-15(11-20-16)8-9-17(23)25-2/h3-9,11-13H,10H2,1-2H3,(H,20,22)(H,21,24)/b9-8+/t13-/m1/s1. The minimum atomic E-state index is -0.465. The largest absolute Gasteiger partial charge is 0.466 e. The van der Waals surface area contributed by atoms with Gasteiger partial charge >= 0.3 is 5.97 Å². The summed E-state index contributed by atoms with van der Waals surface area (Å²) in [5, 5.41) is 5.84. The fourth-order valence-electron chi connectivity index (χ4n) is 1.95. The van der Waals surface area contributed by atoms with E-state index in [9.17, 15) is 9.59 Å². The molecule has 0 aliphatic heterocycles. The van der Waals surface area contributed by atoms with E-state index in [1.165, 1.54) is 31.7 Å². The maximum atomic E-state index is 12.1. The number of amides is 1. The number of ether oxygens (including phenoxy) is 1. The number of nitrogens with zero attached hydrogens (tertiary/aromatic N) is 2. The van der Waals surface area contributed by atoms with E-state index in [1.807, 2.05) is 30.3 Å². The summed E-state index contributed by atoms with van der Waals surface area (Å²) in [6.07, 6.45) is 5.75. The van der Waals surface area contributed by atoms with Crippen molar-refractivity contribution in [3.05, 3.63) is 60.1 Å². The second-order valence-electron chi connectivity index (χ2n) is 5.25. The van der Waals surface area contributed by atoms with Crippen molar-refractivity contribution < 1.29 is 14.3 Å². The van der Waals surface area contributed by atoms with E-state index < -0.39 is 12.0 Å². The van der Waals surface area contributed by atoms with Crippen LogP contribution in [0.4, 0.5) is 5.82 Å². The molecule has 0 unspecified atom stereocenters. The van der Waals surface area contributed by atoms with Crippen LogP contribution in [0.3, 0.4) is 0 Å². The van der Waals surface area contributed by atoms with Crippen LogP contribution in [0.25, 0.3) is 6.08 Å². The lowest BCUT2D eigenvalue weighted by molar-refractivity contribution is -0.134. The molecule has 0 radical (unpaired) electrons. The first kappa shape index (κ1) is 18.1. The normalized spacial score (nSPS) is 11.8. The summed E-state index contributed by atoms with van der Waals surface area (Å²) in [5.41, 5.74) is 1.54. The van der Waals surface area contributed by atoms with Gasteiger partial charge in [-0.3, -0.25) is 9.78 Å². The number of carbonyl (C=O) groups excluding carboxylic acids is 2. The number of rotatable bonds is 7. The molecule has 0 fully saturated rings. The van der Waals surface area contributed by atoms with Crippen LogP contribution in [0.5, 0.6) is 0 Å². The number of nitrogens with one attached hydrogen (secondary N) is 2. The predicted molar refractivity (Wildman–Crippen MR) is 94.5 cm³/mol. The highest BCUT2D eigenvalue weighted by Crippen LogP contribution is 2.05. The van der Waals surface area contributed by atoms with Crippen LogP contribution < -0.4 is 10.6 Å². The Hall–Kier alpha value is -3.22. The summed E-state index contributed by atoms with van der Waals surface area (Å²) in [6, 6.07) is 9.21. The average molecular weight is 340 g/mol. The molecule has 0 spiro atoms. The van der Waals surface area contributed by atoms with Crippen molar-refractivity contribution in [2.75, 3.05) is 12.4 Å². The van der Waals surface area contributed by atoms with Gasteiger partial charge < -0.3 is 15.4 Å². The SMILES string of the molecule is COC(=O)/C=C/c1cnc(N[C@H](C)C(=O)NCc2ccccc2)cn1. The van der Waals surface area contributed by atoms with E-state index in [4.69, 9.17) is 0 Å². The van der Waals surface area contributed by atoms with Crippen LogP contribution in [0.15, 0.2) is 48.8 Å². The van der Waals surface area contributed by atoms with Gasteiger partial charge in [0.15, 0.2) is 0 Å². The number of aromatic nitrogens is 2. The molecule has 0 aliphatic carbocycles. The predicted octanol–water partition coefficient (Wildman–Crippen LogP) is 1.78. The molecule has 25 heavy (non-hydrogen) atoms. The summed E-state index contributed by atoms with van der Waals surface area (Å²) >= 11 is 0. The van der Waals surface area contributed by atoms with Gasteiger partial charge in [-0.15, -0.1) is 0 Å². The zero-order valence-electron chi connectivity index (χ0n) is 14.1. The number of benzene rings is 1. The quantitative estimate of drug-likeness (QED) is 0.589. The molecule has 1 atom stereocenters. The second-order valence-corrected chi connectivity index (χ2v) is 5.25. The van der Waals surface area contributed by atoms with Crippen molar-refractivity contribution in [2.45, 2.75) is 19.5 Å². The van der Waals surface area contributed by atoms with Gasteiger partial charge in [0.05, 0.1) is 25.2 Å². The maximum absolute atomic E-state index is 12.1. The zero-order chi connectivity index (χ0) is 18.1. The van der Waals surface area contributed by atoms with Crippen LogP contribution in [-0.2, 0) is 20.9 Å². The average Bonchev–Trinajstić information content (AvgIpc) is 2.66. The van der Waals surface area contributed by atoms with Gasteiger partial charge in [-0.25, -0.2) is 9.78 Å². The zero-order valence-corrected chi connectivity index (χ0v) is 14.1. The van der Waals surface area contributed by atoms with Gasteiger partial charge in [0.25, 0.3) is 0 Å². The van der Waals surface area contributed by atoms with Gasteiger partial charge in [-0.1, -0.05) is 30.3 Å². The van der Waals surface area contributed by atoms with Crippen molar-refractivity contribution in [1.82, 2.24) is 15.3 Å². The van der Waals surface area contributed by atoms with Crippen LogP contribution in [0.2, 0.25) is 0 Å². The van der Waals surface area contributed by atoms with Crippen LogP contribution in [-0.4, -0.2) is 35.0 Å². The monoisotopic (exact) mass is 340 g/mol. The highest BCUT2D eigenvalue weighted by Gasteiger charge is 2.12. The Morgan fingerprint density at radius 2 is 1.96 bits per heavy atom. The number of carbonyl (C=O) groups is 2. The topological polar surface area (TPSA) is 93.2 Å². The third-order valence-electron chi connectivity index (χ3n) is 3.33. The summed E-state index contributed by atoms with van der Waals surface area (Å²) in [6.45, 7) is 2.21. The number of methoxy groups -OCH3 is 1. The number of anilines is 1. The molecule has 1 aromatic heterocycles. The van der Waals surface area contributed by atoms with Crippen LogP contribution in [0, 0.1) is 0 Å². The Labute approximate surface area is 146 Å². The fraction of sp³-hybridized carbons (Fsp3) is 0.222. The van der Waals surface area contributed by atoms with E-state index in [0.29, 0.717) is 18.1 Å². The Morgan fingerprint density at radius 3 is 2.60 bits per heavy atom. The highest BCUT2D eigenvalue weighted by molar-refractivity contribution is 5.86. The molecule has 0 aliphatic rings. The first-order valence-electron chi connectivity index (χ1n) is 7.74. The molecule has 2 aromatic rings. The first-order valence-corrected chi connectivity index (χ1v) is 7.74. The molecule has 0 saturated carbocycles. The molecule has 2 rings (SSSR count). The molecule has 0 bridgehead atoms. The van der Waals surface area contributed by atoms with Crippen molar-refractivity contribution in [3.8, 4) is 0 Å². The lowest BCUT2D eigenvalue weighted by atomic mass is 10.2. The Morgan fingerprint density at radius 1 is 1.20 bits per heavy atom. The molecular weight excluding hydrogens is 320 g/mol. The second kappa shape index (κ2) is 9.17. The van der Waals surface area contributed by atoms with Gasteiger partial charge in [-0.2, -0.15) is 0 Å². The van der Waals surface area contributed by atoms with Crippen LogP contribution in [0.1, 0.15) is 18.2 Å². The van der Waals surface area contributed by atoms with E-state index in [2.05, 4.69) is 25.3 Å². The van der Waals surface area contributed by atoms with E-state index in [1.54, 1.807) is 6.92 Å². The molecule has 130 valence electrons. The minimum Gasteiger partial charge on any atom is -0.466 e. The summed E-state index contributed by atoms with van der Waals surface area (Å²) < 4.78 is 4.50. The molecular formula is C18H20N4O3. The maximum Gasteiger partial charge on any atom is 0.330 e. The summed E-state index contributed by atoms with van der Waals surface area (Å²) in [7, 11) is 1.30. The third-order valence-corrected chi connectivity index (χ3v) is 3.33. The van der Waals surface area contributed by atoms with E-state index >= 15 is 0 Å². The van der Waals surface area contributed by atoms with Gasteiger partial charge in [0.1, 0.15) is 11.9 Å². The minimum absolute atomic E-state index is 0.139. The lowest BCUT2D eigenvalue weighted by Crippen LogP contribution is -2.37. The number of hydrogen-bond donors (Lipinski definition) is 2. The van der Waals surface area contributed by atoms with Crippen molar-refractivity contribution in [3.63, 3.8) is 0 Å². The molecule has 2 N–H and O–H groups in total. The molecule has 1 amide bonds. The molecule has 7 heteroatoms. The number of hydrogen-bond acceptors (Lipinski definition) is 6. The highest BCUT2D eigenvalue weighted by atomic mass is 16.5. The van der Waals surface area contributed by atoms with Crippen molar-refractivity contribution in [2.24, 2.45) is 0 Å². The molecule has 0 saturated heterocycles. The summed E-state index contributed by atoms with van der Waals surface area (Å²) in [4.78, 5) is 31.4. The van der Waals surface area contributed by atoms with Gasteiger partial charge in [-0.05, 0) is 18.6 Å². The first-order chi connectivity index (χ1) is 12.1. The summed E-state index contributed by atoms with van der Waals surface area (Å²) in [5.74, 6) is -0.134. The van der Waals surface area contributed by atoms with Crippen molar-refractivity contribution in [1.29, 1.82) is 0 Å². The number of esters is 1. The van der Waals surface area contributed by atoms with E-state index in [-0.39, 0.29) is 5.91 Å². The molecule has 7 nitrogen and oxygen atoms in total. The molecule has 1 aromatic carbocycles. The van der Waals surface area contributed by atoms with Gasteiger partial charge in [0, 0.05) is 12.6 Å². The Bertz CT molecular complexity index is 730. The lowest BCUT2D eigenvalue weighted by Gasteiger charge is -2.14.